The van der Waals surface area contributed by atoms with E-state index in [0.29, 0.717) is 41.8 Å². The number of carbonyl (C=O) groups excluding carboxylic acids is 3. The quantitative estimate of drug-likeness (QED) is 0.550. The largest absolute Gasteiger partial charge is 0.345 e. The van der Waals surface area contributed by atoms with Crippen LogP contribution in [0.1, 0.15) is 33.3 Å². The zero-order valence-corrected chi connectivity index (χ0v) is 16.4. The van der Waals surface area contributed by atoms with Crippen LogP contribution in [0.5, 0.6) is 0 Å². The number of ketones is 1. The molecule has 3 heterocycles. The maximum atomic E-state index is 12.9. The molecule has 0 saturated carbocycles. The van der Waals surface area contributed by atoms with Crippen molar-refractivity contribution in [1.82, 2.24) is 19.8 Å². The summed E-state index contributed by atoms with van der Waals surface area (Å²) in [5.74, 6) is -1.17. The first-order valence-corrected chi connectivity index (χ1v) is 9.60. The minimum Gasteiger partial charge on any atom is -0.345 e. The molecule has 2 amide bonds. The summed E-state index contributed by atoms with van der Waals surface area (Å²) >= 11 is 0. The summed E-state index contributed by atoms with van der Waals surface area (Å²) in [6.45, 7) is 4.83. The summed E-state index contributed by atoms with van der Waals surface area (Å²) in [7, 11) is 0. The van der Waals surface area contributed by atoms with Crippen molar-refractivity contribution < 1.29 is 14.4 Å². The van der Waals surface area contributed by atoms with Crippen LogP contribution < -0.4 is 0 Å². The molecule has 1 aliphatic heterocycles. The number of H-pyrrole nitrogens is 1. The number of carbonyl (C=O) groups is 3. The van der Waals surface area contributed by atoms with Gasteiger partial charge in [0.05, 0.1) is 5.56 Å². The van der Waals surface area contributed by atoms with Crippen LogP contribution in [-0.4, -0.2) is 63.0 Å². The monoisotopic (exact) mass is 390 g/mol. The summed E-state index contributed by atoms with van der Waals surface area (Å²) in [6, 6.07) is 12.4. The first-order valence-electron chi connectivity index (χ1n) is 9.60. The number of aryl methyl sites for hydroxylation is 1. The Morgan fingerprint density at radius 2 is 1.83 bits per heavy atom. The van der Waals surface area contributed by atoms with Gasteiger partial charge in [0.1, 0.15) is 5.65 Å². The molecule has 0 bridgehead atoms. The zero-order valence-electron chi connectivity index (χ0n) is 16.4. The molecule has 1 aromatic carbocycles. The highest BCUT2D eigenvalue weighted by Crippen LogP contribution is 2.20. The number of Topliss-reactive ketones (excluding diaryl/α,β-unsaturated/α-hetero) is 1. The summed E-state index contributed by atoms with van der Waals surface area (Å²) in [5, 5.41) is 0.638. The van der Waals surface area contributed by atoms with Gasteiger partial charge in [-0.3, -0.25) is 14.4 Å². The lowest BCUT2D eigenvalue weighted by Gasteiger charge is -2.39. The van der Waals surface area contributed by atoms with E-state index in [9.17, 15) is 14.4 Å². The molecule has 1 saturated heterocycles. The van der Waals surface area contributed by atoms with Crippen molar-refractivity contribution >= 4 is 28.6 Å². The predicted molar refractivity (Wildman–Crippen MR) is 109 cm³/mol. The molecule has 7 nitrogen and oxygen atoms in total. The number of aromatic nitrogens is 2. The number of rotatable bonds is 3. The predicted octanol–water partition coefficient (Wildman–Crippen LogP) is 2.43. The zero-order chi connectivity index (χ0) is 20.5. The second kappa shape index (κ2) is 7.50. The number of nitrogens with zero attached hydrogens (tertiary/aromatic N) is 3. The van der Waals surface area contributed by atoms with E-state index < -0.39 is 11.7 Å². The number of fused-ring (bicyclic) bond motifs is 1. The van der Waals surface area contributed by atoms with Gasteiger partial charge < -0.3 is 14.8 Å². The SMILES string of the molecule is Cc1ccc2c(C(=O)C(=O)N3CCN(C(=O)c4ccccc4)CC3C)c[nH]c2n1. The number of benzene rings is 1. The summed E-state index contributed by atoms with van der Waals surface area (Å²) in [4.78, 5) is 49.0. The Kier molecular flexibility index (Phi) is 4.88. The van der Waals surface area contributed by atoms with Crippen molar-refractivity contribution in [1.29, 1.82) is 0 Å². The molecule has 0 aliphatic carbocycles. The highest BCUT2D eigenvalue weighted by atomic mass is 16.2. The summed E-state index contributed by atoms with van der Waals surface area (Å²) in [5.41, 5.74) is 2.37. The molecular formula is C22H22N4O3. The number of pyridine rings is 1. The van der Waals surface area contributed by atoms with E-state index in [4.69, 9.17) is 0 Å². The van der Waals surface area contributed by atoms with Crippen molar-refractivity contribution in [2.24, 2.45) is 0 Å². The average Bonchev–Trinajstić information content (AvgIpc) is 3.15. The molecular weight excluding hydrogens is 368 g/mol. The fourth-order valence-electron chi connectivity index (χ4n) is 3.74. The molecule has 1 aliphatic rings. The maximum absolute atomic E-state index is 12.9. The molecule has 29 heavy (non-hydrogen) atoms. The van der Waals surface area contributed by atoms with Crippen molar-refractivity contribution in [2.75, 3.05) is 19.6 Å². The van der Waals surface area contributed by atoms with E-state index in [2.05, 4.69) is 9.97 Å². The molecule has 4 rings (SSSR count). The van der Waals surface area contributed by atoms with E-state index in [-0.39, 0.29) is 11.9 Å². The summed E-state index contributed by atoms with van der Waals surface area (Å²) < 4.78 is 0. The maximum Gasteiger partial charge on any atom is 0.295 e. The minimum atomic E-state index is -0.559. The molecule has 0 radical (unpaired) electrons. The third-order valence-corrected chi connectivity index (χ3v) is 5.31. The molecule has 3 aromatic rings. The molecule has 148 valence electrons. The Balaban J connectivity index is 1.48. The highest BCUT2D eigenvalue weighted by molar-refractivity contribution is 6.44. The first-order chi connectivity index (χ1) is 14.0. The third-order valence-electron chi connectivity index (χ3n) is 5.31. The van der Waals surface area contributed by atoms with Gasteiger partial charge in [-0.15, -0.1) is 0 Å². The number of amides is 2. The Morgan fingerprint density at radius 3 is 2.55 bits per heavy atom. The lowest BCUT2D eigenvalue weighted by atomic mass is 10.1. The number of piperazine rings is 1. The minimum absolute atomic E-state index is 0.0612. The van der Waals surface area contributed by atoms with Gasteiger partial charge in [0.2, 0.25) is 0 Å². The van der Waals surface area contributed by atoms with Crippen molar-refractivity contribution in [3.05, 3.63) is 65.5 Å². The van der Waals surface area contributed by atoms with Gasteiger partial charge in [-0.1, -0.05) is 18.2 Å². The lowest BCUT2D eigenvalue weighted by Crippen LogP contribution is -2.56. The van der Waals surface area contributed by atoms with Gasteiger partial charge in [-0.2, -0.15) is 0 Å². The van der Waals surface area contributed by atoms with Crippen LogP contribution in [0, 0.1) is 6.92 Å². The molecule has 1 atom stereocenters. The standard InChI is InChI=1S/C22H22N4O3/c1-14-8-9-17-18(12-23-20(17)24-14)19(27)22(29)26-11-10-25(13-15(26)2)21(28)16-6-4-3-5-7-16/h3-9,12,15H,10-11,13H2,1-2H3,(H,23,24). The van der Waals surface area contributed by atoms with E-state index in [0.717, 1.165) is 5.69 Å². The molecule has 1 unspecified atom stereocenters. The molecule has 0 spiro atoms. The number of nitrogens with one attached hydrogen (secondary N) is 1. The van der Waals surface area contributed by atoms with Crippen molar-refractivity contribution in [3.8, 4) is 0 Å². The van der Waals surface area contributed by atoms with Crippen LogP contribution in [0.15, 0.2) is 48.7 Å². The smallest absolute Gasteiger partial charge is 0.295 e. The fraction of sp³-hybridized carbons (Fsp3) is 0.273. The van der Waals surface area contributed by atoms with Crippen LogP contribution in [0.3, 0.4) is 0 Å². The van der Waals surface area contributed by atoms with E-state index in [1.54, 1.807) is 28.0 Å². The Hall–Kier alpha value is -3.48. The van der Waals surface area contributed by atoms with Crippen LogP contribution in [-0.2, 0) is 4.79 Å². The van der Waals surface area contributed by atoms with Gasteiger partial charge in [-0.05, 0) is 38.1 Å². The third kappa shape index (κ3) is 3.51. The molecule has 2 aromatic heterocycles. The van der Waals surface area contributed by atoms with Crippen molar-refractivity contribution in [2.45, 2.75) is 19.9 Å². The van der Waals surface area contributed by atoms with E-state index >= 15 is 0 Å². The van der Waals surface area contributed by atoms with E-state index in [1.165, 1.54) is 6.20 Å². The average molecular weight is 390 g/mol. The highest BCUT2D eigenvalue weighted by Gasteiger charge is 2.34. The second-order valence-corrected chi connectivity index (χ2v) is 7.35. The first kappa shape index (κ1) is 18.9. The molecule has 1 N–H and O–H groups in total. The number of aromatic amines is 1. The van der Waals surface area contributed by atoms with Gasteiger partial charge in [0.25, 0.3) is 17.6 Å². The Bertz CT molecular complexity index is 1090. The second-order valence-electron chi connectivity index (χ2n) is 7.35. The van der Waals surface area contributed by atoms with Gasteiger partial charge in [0.15, 0.2) is 0 Å². The molecule has 1 fully saturated rings. The van der Waals surface area contributed by atoms with E-state index in [1.807, 2.05) is 38.1 Å². The Labute approximate surface area is 168 Å². The van der Waals surface area contributed by atoms with Crippen LogP contribution in [0.25, 0.3) is 11.0 Å². The molecule has 7 heteroatoms. The normalized spacial score (nSPS) is 16.8. The van der Waals surface area contributed by atoms with Crippen LogP contribution in [0.4, 0.5) is 0 Å². The van der Waals surface area contributed by atoms with Crippen LogP contribution in [0.2, 0.25) is 0 Å². The van der Waals surface area contributed by atoms with Gasteiger partial charge in [-0.25, -0.2) is 4.98 Å². The summed E-state index contributed by atoms with van der Waals surface area (Å²) in [6.07, 6.45) is 1.54. The number of hydrogen-bond acceptors (Lipinski definition) is 4. The topological polar surface area (TPSA) is 86.4 Å². The Morgan fingerprint density at radius 1 is 1.07 bits per heavy atom. The van der Waals surface area contributed by atoms with Gasteiger partial charge in [0, 0.05) is 48.5 Å². The van der Waals surface area contributed by atoms with Crippen LogP contribution >= 0.6 is 0 Å². The number of hydrogen-bond donors (Lipinski definition) is 1. The van der Waals surface area contributed by atoms with Gasteiger partial charge >= 0.3 is 0 Å². The van der Waals surface area contributed by atoms with Crippen molar-refractivity contribution in [3.63, 3.8) is 0 Å². The fourth-order valence-corrected chi connectivity index (χ4v) is 3.74. The lowest BCUT2D eigenvalue weighted by molar-refractivity contribution is -0.130.